The Hall–Kier alpha value is -1.72. The van der Waals surface area contributed by atoms with Gasteiger partial charge in [0.15, 0.2) is 0 Å². The summed E-state index contributed by atoms with van der Waals surface area (Å²) in [5, 5.41) is 10.5. The first-order valence-electron chi connectivity index (χ1n) is 4.60. The van der Waals surface area contributed by atoms with E-state index in [0.717, 1.165) is 0 Å². The lowest BCUT2D eigenvalue weighted by molar-refractivity contribution is -0.0327. The number of carbonyl (C=O) groups excluding carboxylic acids is 1. The van der Waals surface area contributed by atoms with E-state index in [-0.39, 0.29) is 13.1 Å². The van der Waals surface area contributed by atoms with Crippen molar-refractivity contribution >= 4 is 16.4 Å². The molecule has 3 rings (SSSR count). The van der Waals surface area contributed by atoms with Crippen LogP contribution in [-0.2, 0) is 21.2 Å². The smallest absolute Gasteiger partial charge is 0.314 e. The van der Waals surface area contributed by atoms with Crippen molar-refractivity contribution in [1.29, 1.82) is 0 Å². The van der Waals surface area contributed by atoms with Gasteiger partial charge in [-0.25, -0.2) is 4.79 Å². The first kappa shape index (κ1) is 10.4. The van der Waals surface area contributed by atoms with Gasteiger partial charge in [-0.15, -0.1) is 9.38 Å². The average Bonchev–Trinajstić information content (AvgIpc) is 2.77. The molecule has 0 saturated carbocycles. The third-order valence-corrected chi connectivity index (χ3v) is 2.98. The van der Waals surface area contributed by atoms with E-state index in [1.807, 2.05) is 0 Å². The topological polar surface area (TPSA) is 129 Å². The van der Waals surface area contributed by atoms with E-state index < -0.39 is 22.5 Å². The summed E-state index contributed by atoms with van der Waals surface area (Å²) < 4.78 is 34.1. The fourth-order valence-electron chi connectivity index (χ4n) is 1.98. The van der Waals surface area contributed by atoms with Crippen LogP contribution in [0, 0.1) is 0 Å². The van der Waals surface area contributed by atoms with Gasteiger partial charge in [-0.05, 0) is 0 Å². The fourth-order valence-corrected chi connectivity index (χ4v) is 2.35. The van der Waals surface area contributed by atoms with E-state index in [2.05, 4.69) is 19.7 Å². The molecule has 0 aromatic carbocycles. The maximum Gasteiger partial charge on any atom is 0.418 e. The number of aromatic nitrogens is 3. The van der Waals surface area contributed by atoms with Crippen molar-refractivity contribution in [3.8, 4) is 0 Å². The van der Waals surface area contributed by atoms with Crippen LogP contribution >= 0.6 is 0 Å². The van der Waals surface area contributed by atoms with Crippen molar-refractivity contribution in [3.63, 3.8) is 0 Å². The van der Waals surface area contributed by atoms with Gasteiger partial charge in [0.25, 0.3) is 0 Å². The first-order valence-corrected chi connectivity index (χ1v) is 5.97. The molecule has 2 bridgehead atoms. The molecule has 1 atom stereocenters. The number of hydrogen-bond acceptors (Lipinski definition) is 6. The molecule has 0 spiro atoms. The van der Waals surface area contributed by atoms with Crippen LogP contribution in [0.1, 0.15) is 17.4 Å². The average molecular weight is 261 g/mol. The van der Waals surface area contributed by atoms with Gasteiger partial charge in [0, 0.05) is 0 Å². The second-order valence-corrected chi connectivity index (χ2v) is 4.69. The summed E-state index contributed by atoms with van der Waals surface area (Å²) >= 11 is 0. The van der Waals surface area contributed by atoms with E-state index in [4.69, 9.17) is 4.55 Å². The molecule has 2 aliphatic rings. The largest absolute Gasteiger partial charge is 0.418 e. The van der Waals surface area contributed by atoms with Crippen LogP contribution in [0.15, 0.2) is 0 Å². The Morgan fingerprint density at radius 1 is 1.53 bits per heavy atom. The SMILES string of the molecule is O=C1N2Cc3[nH]nnc3C(C2)N1OS(=O)(=O)O. The monoisotopic (exact) mass is 261 g/mol. The molecule has 3 heterocycles. The van der Waals surface area contributed by atoms with Crippen molar-refractivity contribution in [2.45, 2.75) is 12.6 Å². The molecule has 1 aromatic heterocycles. The molecule has 1 saturated heterocycles. The number of aromatic amines is 1. The highest BCUT2D eigenvalue weighted by Crippen LogP contribution is 2.35. The lowest BCUT2D eigenvalue weighted by atomic mass is 10.1. The highest BCUT2D eigenvalue weighted by Gasteiger charge is 2.47. The van der Waals surface area contributed by atoms with Crippen LogP contribution in [0.2, 0.25) is 0 Å². The van der Waals surface area contributed by atoms with Gasteiger partial charge in [0.1, 0.15) is 11.7 Å². The number of nitrogens with one attached hydrogen (secondary N) is 1. The molecule has 1 fully saturated rings. The number of carbonyl (C=O) groups is 1. The summed E-state index contributed by atoms with van der Waals surface area (Å²) in [6.45, 7) is 0.497. The number of amides is 2. The molecule has 17 heavy (non-hydrogen) atoms. The lowest BCUT2D eigenvalue weighted by Crippen LogP contribution is -2.32. The van der Waals surface area contributed by atoms with Gasteiger partial charge in [-0.1, -0.05) is 5.21 Å². The molecule has 0 aliphatic carbocycles. The number of rotatable bonds is 2. The normalized spacial score (nSPS) is 23.1. The molecule has 92 valence electrons. The standard InChI is InChI=1S/C6H7N5O5S/c12-6-10-1-3-5(8-9-7-3)4(2-10)11(6)16-17(13,14)15/h4H,1-2H2,(H,7,8,9)(H,13,14,15). The Labute approximate surface area is 95.1 Å². The summed E-state index contributed by atoms with van der Waals surface area (Å²) in [7, 11) is -4.74. The fraction of sp³-hybridized carbons (Fsp3) is 0.500. The summed E-state index contributed by atoms with van der Waals surface area (Å²) in [6, 6.07) is -1.33. The van der Waals surface area contributed by atoms with Crippen LogP contribution in [0.5, 0.6) is 0 Å². The molecule has 11 heteroatoms. The predicted molar refractivity (Wildman–Crippen MR) is 49.4 cm³/mol. The number of nitrogens with zero attached hydrogens (tertiary/aromatic N) is 4. The predicted octanol–water partition coefficient (Wildman–Crippen LogP) is -1.17. The van der Waals surface area contributed by atoms with Crippen LogP contribution in [0.3, 0.4) is 0 Å². The maximum absolute atomic E-state index is 11.7. The Morgan fingerprint density at radius 2 is 2.29 bits per heavy atom. The van der Waals surface area contributed by atoms with E-state index in [0.29, 0.717) is 16.5 Å². The highest BCUT2D eigenvalue weighted by atomic mass is 32.3. The van der Waals surface area contributed by atoms with Crippen molar-refractivity contribution in [2.24, 2.45) is 0 Å². The van der Waals surface area contributed by atoms with Gasteiger partial charge >= 0.3 is 16.4 Å². The zero-order valence-electron chi connectivity index (χ0n) is 8.27. The molecule has 2 aliphatic heterocycles. The minimum Gasteiger partial charge on any atom is -0.314 e. The van der Waals surface area contributed by atoms with E-state index in [1.54, 1.807) is 0 Å². The summed E-state index contributed by atoms with van der Waals surface area (Å²) in [5.41, 5.74) is 1.06. The van der Waals surface area contributed by atoms with Crippen molar-refractivity contribution in [3.05, 3.63) is 11.4 Å². The van der Waals surface area contributed by atoms with E-state index in [9.17, 15) is 13.2 Å². The Kier molecular flexibility index (Phi) is 1.93. The minimum atomic E-state index is -4.74. The molecule has 0 radical (unpaired) electrons. The van der Waals surface area contributed by atoms with Crippen molar-refractivity contribution < 1.29 is 22.0 Å². The zero-order chi connectivity index (χ0) is 12.2. The van der Waals surface area contributed by atoms with Gasteiger partial charge in [-0.2, -0.15) is 13.5 Å². The maximum atomic E-state index is 11.7. The van der Waals surface area contributed by atoms with Gasteiger partial charge < -0.3 is 4.90 Å². The van der Waals surface area contributed by atoms with E-state index in [1.165, 1.54) is 4.90 Å². The van der Waals surface area contributed by atoms with Crippen LogP contribution in [0.25, 0.3) is 0 Å². The first-order chi connectivity index (χ1) is 7.96. The highest BCUT2D eigenvalue weighted by molar-refractivity contribution is 7.80. The zero-order valence-corrected chi connectivity index (χ0v) is 9.09. The molecule has 2 N–H and O–H groups in total. The Balaban J connectivity index is 1.99. The van der Waals surface area contributed by atoms with Crippen LogP contribution in [0.4, 0.5) is 4.79 Å². The van der Waals surface area contributed by atoms with Crippen molar-refractivity contribution in [2.75, 3.05) is 6.54 Å². The summed E-state index contributed by atoms with van der Waals surface area (Å²) in [5.74, 6) is 0. The Bertz CT molecular complexity index is 581. The van der Waals surface area contributed by atoms with Gasteiger partial charge in [0.05, 0.1) is 18.8 Å². The number of hydroxylamine groups is 2. The molecule has 1 unspecified atom stereocenters. The second kappa shape index (κ2) is 3.15. The van der Waals surface area contributed by atoms with Crippen molar-refractivity contribution in [1.82, 2.24) is 25.4 Å². The van der Waals surface area contributed by atoms with Crippen LogP contribution < -0.4 is 0 Å². The summed E-state index contributed by atoms with van der Waals surface area (Å²) in [4.78, 5) is 13.1. The number of fused-ring (bicyclic) bond motifs is 4. The third-order valence-electron chi connectivity index (χ3n) is 2.63. The van der Waals surface area contributed by atoms with Gasteiger partial charge in [-0.3, -0.25) is 9.65 Å². The molecule has 2 amide bonds. The Morgan fingerprint density at radius 3 is 3.00 bits per heavy atom. The quantitative estimate of drug-likeness (QED) is 0.642. The number of H-pyrrole nitrogens is 1. The summed E-state index contributed by atoms with van der Waals surface area (Å²) in [6.07, 6.45) is 0. The third kappa shape index (κ3) is 1.55. The molecule has 10 nitrogen and oxygen atoms in total. The number of hydrogen-bond donors (Lipinski definition) is 2. The molecular formula is C6H7N5O5S. The number of urea groups is 1. The second-order valence-electron chi connectivity index (χ2n) is 3.68. The lowest BCUT2D eigenvalue weighted by Gasteiger charge is -2.19. The molecular weight excluding hydrogens is 254 g/mol. The van der Waals surface area contributed by atoms with E-state index >= 15 is 0 Å². The minimum absolute atomic E-state index is 0.244. The van der Waals surface area contributed by atoms with Gasteiger partial charge in [0.2, 0.25) is 0 Å². The molecule has 1 aromatic rings. The van der Waals surface area contributed by atoms with Crippen LogP contribution in [-0.4, -0.2) is 50.9 Å².